The van der Waals surface area contributed by atoms with Gasteiger partial charge in [0.05, 0.1) is 0 Å². The molecule has 1 rings (SSSR count). The number of halogens is 2. The molecule has 4 nitrogen and oxygen atoms in total. The van der Waals surface area contributed by atoms with Crippen molar-refractivity contribution in [1.29, 1.82) is 0 Å². The van der Waals surface area contributed by atoms with Crippen LogP contribution in [0.1, 0.15) is 5.56 Å². The van der Waals surface area contributed by atoms with Gasteiger partial charge in [0.15, 0.2) is 5.75 Å². The lowest BCUT2D eigenvalue weighted by Gasteiger charge is -2.11. The number of benzene rings is 1. The fraction of sp³-hybridized carbons (Fsp3) is 0.222. The lowest BCUT2D eigenvalue weighted by Crippen LogP contribution is -2.28. The Morgan fingerprint density at radius 3 is 2.50 bits per heavy atom. The molecule has 88 valence electrons. The summed E-state index contributed by atoms with van der Waals surface area (Å²) in [6, 6.07) is 4.94. The standard InChI is InChI=1S/C9H9Cl2NO3S/c10-7-2-1-3-8(11)6(7)4-16(15)5-9(13)12-14/h1-3,14H,4-5H2,(H,12,13). The summed E-state index contributed by atoms with van der Waals surface area (Å²) in [5.74, 6) is -0.925. The first-order valence-electron chi connectivity index (χ1n) is 4.25. The molecular weight excluding hydrogens is 273 g/mol. The van der Waals surface area contributed by atoms with E-state index in [-0.39, 0.29) is 11.5 Å². The quantitative estimate of drug-likeness (QED) is 0.502. The zero-order valence-electron chi connectivity index (χ0n) is 8.07. The summed E-state index contributed by atoms with van der Waals surface area (Å²) in [5.41, 5.74) is 1.95. The van der Waals surface area contributed by atoms with Crippen molar-refractivity contribution in [3.63, 3.8) is 0 Å². The SMILES string of the molecule is O=C(C[S+]([O-])Cc1c(Cl)cccc1Cl)NO. The first kappa shape index (κ1) is 13.6. The minimum absolute atomic E-state index is 0.0753. The number of hydroxylamine groups is 1. The van der Waals surface area contributed by atoms with Crippen molar-refractivity contribution in [2.24, 2.45) is 0 Å². The maximum absolute atomic E-state index is 11.5. The number of hydrogen-bond acceptors (Lipinski definition) is 3. The normalized spacial score (nSPS) is 12.2. The highest BCUT2D eigenvalue weighted by atomic mass is 35.5. The van der Waals surface area contributed by atoms with Gasteiger partial charge in [-0.2, -0.15) is 0 Å². The molecule has 1 unspecified atom stereocenters. The van der Waals surface area contributed by atoms with Crippen LogP contribution in [0.2, 0.25) is 10.0 Å². The zero-order valence-corrected chi connectivity index (χ0v) is 10.4. The Morgan fingerprint density at radius 1 is 1.44 bits per heavy atom. The molecule has 0 aliphatic heterocycles. The number of rotatable bonds is 4. The van der Waals surface area contributed by atoms with Crippen molar-refractivity contribution in [1.82, 2.24) is 5.48 Å². The molecule has 2 N–H and O–H groups in total. The Morgan fingerprint density at radius 2 is 2.00 bits per heavy atom. The monoisotopic (exact) mass is 281 g/mol. The molecule has 1 aromatic rings. The van der Waals surface area contributed by atoms with Gasteiger partial charge >= 0.3 is 0 Å². The van der Waals surface area contributed by atoms with E-state index in [1.807, 2.05) is 0 Å². The Hall–Kier alpha value is -0.460. The largest absolute Gasteiger partial charge is 0.616 e. The zero-order chi connectivity index (χ0) is 12.1. The molecule has 0 radical (unpaired) electrons. The van der Waals surface area contributed by atoms with E-state index in [2.05, 4.69) is 0 Å². The highest BCUT2D eigenvalue weighted by molar-refractivity contribution is 7.91. The first-order valence-corrected chi connectivity index (χ1v) is 6.49. The molecule has 7 heteroatoms. The van der Waals surface area contributed by atoms with Gasteiger partial charge in [-0.3, -0.25) is 10.0 Å². The van der Waals surface area contributed by atoms with E-state index in [0.29, 0.717) is 15.6 Å². The Labute approximate surface area is 106 Å². The smallest absolute Gasteiger partial charge is 0.293 e. The molecule has 0 aliphatic carbocycles. The van der Waals surface area contributed by atoms with Crippen LogP contribution in [0.4, 0.5) is 0 Å². The van der Waals surface area contributed by atoms with Gasteiger partial charge in [-0.1, -0.05) is 29.3 Å². The van der Waals surface area contributed by atoms with E-state index in [0.717, 1.165) is 0 Å². The molecule has 0 fully saturated rings. The predicted molar refractivity (Wildman–Crippen MR) is 63.1 cm³/mol. The molecule has 1 atom stereocenters. The first-order chi connectivity index (χ1) is 7.54. The number of carbonyl (C=O) groups is 1. The Kier molecular flexibility index (Phi) is 5.37. The van der Waals surface area contributed by atoms with Crippen molar-refractivity contribution in [2.45, 2.75) is 5.75 Å². The van der Waals surface area contributed by atoms with Crippen molar-refractivity contribution in [3.8, 4) is 0 Å². The van der Waals surface area contributed by atoms with Crippen LogP contribution in [-0.2, 0) is 21.7 Å². The number of amides is 1. The summed E-state index contributed by atoms with van der Waals surface area (Å²) in [4.78, 5) is 10.8. The van der Waals surface area contributed by atoms with Crippen LogP contribution in [0.15, 0.2) is 18.2 Å². The van der Waals surface area contributed by atoms with E-state index < -0.39 is 17.1 Å². The average Bonchev–Trinajstić information content (AvgIpc) is 2.23. The minimum atomic E-state index is -1.46. The lowest BCUT2D eigenvalue weighted by atomic mass is 10.2. The summed E-state index contributed by atoms with van der Waals surface area (Å²) in [7, 11) is 0. The van der Waals surface area contributed by atoms with Gasteiger partial charge in [0.1, 0.15) is 5.75 Å². The number of hydrogen-bond donors (Lipinski definition) is 2. The third-order valence-corrected chi connectivity index (χ3v) is 3.69. The topological polar surface area (TPSA) is 72.4 Å². The van der Waals surface area contributed by atoms with Gasteiger partial charge in [-0.05, 0) is 23.3 Å². The molecule has 0 bridgehead atoms. The molecule has 0 spiro atoms. The molecule has 1 aromatic carbocycles. The summed E-state index contributed by atoms with van der Waals surface area (Å²) in [6.07, 6.45) is 0. The lowest BCUT2D eigenvalue weighted by molar-refractivity contribution is -0.126. The molecule has 0 aliphatic rings. The fourth-order valence-electron chi connectivity index (χ4n) is 1.06. The van der Waals surface area contributed by atoms with Gasteiger partial charge in [0.2, 0.25) is 0 Å². The highest BCUT2D eigenvalue weighted by Crippen LogP contribution is 2.26. The van der Waals surface area contributed by atoms with Gasteiger partial charge in [0, 0.05) is 15.6 Å². The number of nitrogens with one attached hydrogen (secondary N) is 1. The predicted octanol–water partition coefficient (Wildman–Crippen LogP) is 1.75. The third kappa shape index (κ3) is 3.84. The number of carbonyl (C=O) groups excluding carboxylic acids is 1. The van der Waals surface area contributed by atoms with E-state index in [1.54, 1.807) is 18.2 Å². The van der Waals surface area contributed by atoms with E-state index in [1.165, 1.54) is 5.48 Å². The van der Waals surface area contributed by atoms with Crippen LogP contribution < -0.4 is 5.48 Å². The maximum atomic E-state index is 11.5. The fourth-order valence-corrected chi connectivity index (χ4v) is 2.84. The molecule has 0 saturated carbocycles. The molecular formula is C9H9Cl2NO3S. The van der Waals surface area contributed by atoms with Crippen LogP contribution in [0.25, 0.3) is 0 Å². The van der Waals surface area contributed by atoms with Gasteiger partial charge in [-0.25, -0.2) is 5.48 Å². The Balaban J connectivity index is 2.69. The second-order valence-electron chi connectivity index (χ2n) is 2.96. The third-order valence-electron chi connectivity index (χ3n) is 1.78. The van der Waals surface area contributed by atoms with Crippen LogP contribution in [-0.4, -0.2) is 21.4 Å². The van der Waals surface area contributed by atoms with Crippen molar-refractivity contribution in [2.75, 3.05) is 5.75 Å². The van der Waals surface area contributed by atoms with Crippen molar-refractivity contribution in [3.05, 3.63) is 33.8 Å². The summed E-state index contributed by atoms with van der Waals surface area (Å²) < 4.78 is 11.5. The molecule has 0 heterocycles. The highest BCUT2D eigenvalue weighted by Gasteiger charge is 2.17. The van der Waals surface area contributed by atoms with E-state index in [9.17, 15) is 9.35 Å². The summed E-state index contributed by atoms with van der Waals surface area (Å²) in [5, 5.41) is 9.09. The van der Waals surface area contributed by atoms with Crippen LogP contribution in [0, 0.1) is 0 Å². The molecule has 0 saturated heterocycles. The van der Waals surface area contributed by atoms with Gasteiger partial charge in [-0.15, -0.1) is 0 Å². The van der Waals surface area contributed by atoms with Crippen LogP contribution >= 0.6 is 23.2 Å². The van der Waals surface area contributed by atoms with Crippen molar-refractivity contribution < 1.29 is 14.6 Å². The van der Waals surface area contributed by atoms with Crippen LogP contribution in [0.3, 0.4) is 0 Å². The average molecular weight is 282 g/mol. The molecule has 1 amide bonds. The maximum Gasteiger partial charge on any atom is 0.293 e. The Bertz CT molecular complexity index is 369. The molecule has 0 aromatic heterocycles. The van der Waals surface area contributed by atoms with Crippen molar-refractivity contribution >= 4 is 40.3 Å². The minimum Gasteiger partial charge on any atom is -0.616 e. The van der Waals surface area contributed by atoms with E-state index in [4.69, 9.17) is 28.4 Å². The molecule has 16 heavy (non-hydrogen) atoms. The van der Waals surface area contributed by atoms with E-state index >= 15 is 0 Å². The van der Waals surface area contributed by atoms with Gasteiger partial charge in [0.25, 0.3) is 5.91 Å². The second kappa shape index (κ2) is 6.32. The summed E-state index contributed by atoms with van der Waals surface area (Å²) in [6.45, 7) is 0. The van der Waals surface area contributed by atoms with Gasteiger partial charge < -0.3 is 4.55 Å². The van der Waals surface area contributed by atoms with Crippen LogP contribution in [0.5, 0.6) is 0 Å². The second-order valence-corrected chi connectivity index (χ2v) is 5.24. The summed E-state index contributed by atoms with van der Waals surface area (Å²) >= 11 is 10.3.